The summed E-state index contributed by atoms with van der Waals surface area (Å²) in [6.45, 7) is 7.49. The van der Waals surface area contributed by atoms with Gasteiger partial charge in [-0.1, -0.05) is 20.8 Å². The molecule has 74 valence electrons. The lowest BCUT2D eigenvalue weighted by molar-refractivity contribution is 0.314. The first kappa shape index (κ1) is 11.9. The molecule has 2 unspecified atom stereocenters. The number of rotatable bonds is 2. The highest BCUT2D eigenvalue weighted by molar-refractivity contribution is 7.91. The first-order chi connectivity index (χ1) is 5.07. The van der Waals surface area contributed by atoms with E-state index in [4.69, 9.17) is 5.73 Å². The van der Waals surface area contributed by atoms with Crippen LogP contribution in [0.15, 0.2) is 0 Å². The molecule has 0 spiro atoms. The summed E-state index contributed by atoms with van der Waals surface area (Å²) in [5.74, 6) is 0. The van der Waals surface area contributed by atoms with E-state index in [1.54, 1.807) is 6.92 Å². The Balaban J connectivity index is 4.64. The first-order valence-electron chi connectivity index (χ1n) is 4.01. The zero-order chi connectivity index (χ0) is 10.2. The standard InChI is InChI=1S/C8H19NO2S/c1-6(12(5,10)11)7(9)8(2,3)4/h6-7H,9H2,1-5H3. The first-order valence-corrected chi connectivity index (χ1v) is 5.96. The second kappa shape index (κ2) is 3.34. The van der Waals surface area contributed by atoms with Crippen LogP contribution < -0.4 is 5.73 Å². The molecule has 2 atom stereocenters. The van der Waals surface area contributed by atoms with E-state index in [9.17, 15) is 8.42 Å². The lowest BCUT2D eigenvalue weighted by atomic mass is 9.86. The number of hydrogen-bond acceptors (Lipinski definition) is 3. The lowest BCUT2D eigenvalue weighted by Crippen LogP contribution is -2.46. The van der Waals surface area contributed by atoms with E-state index in [1.807, 2.05) is 20.8 Å². The van der Waals surface area contributed by atoms with Gasteiger partial charge < -0.3 is 5.73 Å². The molecule has 2 N–H and O–H groups in total. The zero-order valence-electron chi connectivity index (χ0n) is 8.46. The topological polar surface area (TPSA) is 60.2 Å². The third-order valence-electron chi connectivity index (χ3n) is 2.18. The molecule has 0 aliphatic rings. The predicted octanol–water partition coefficient (Wildman–Crippen LogP) is 0.793. The fraction of sp³-hybridized carbons (Fsp3) is 1.00. The summed E-state index contributed by atoms with van der Waals surface area (Å²) in [5.41, 5.74) is 5.64. The minimum atomic E-state index is -3.01. The van der Waals surface area contributed by atoms with E-state index in [2.05, 4.69) is 0 Å². The maximum Gasteiger partial charge on any atom is 0.151 e. The Hall–Kier alpha value is -0.0900. The summed E-state index contributed by atoms with van der Waals surface area (Å²) in [6, 6.07) is -0.313. The van der Waals surface area contributed by atoms with E-state index in [0.717, 1.165) is 0 Å². The van der Waals surface area contributed by atoms with E-state index in [0.29, 0.717) is 0 Å². The average Bonchev–Trinajstić information content (AvgIpc) is 1.80. The summed E-state index contributed by atoms with van der Waals surface area (Å²) < 4.78 is 22.3. The monoisotopic (exact) mass is 193 g/mol. The normalized spacial score (nSPS) is 18.8. The summed E-state index contributed by atoms with van der Waals surface area (Å²) in [4.78, 5) is 0. The smallest absolute Gasteiger partial charge is 0.151 e. The molecule has 0 aromatic carbocycles. The molecule has 0 aromatic rings. The number of sulfone groups is 1. The molecule has 0 amide bonds. The predicted molar refractivity (Wildman–Crippen MR) is 51.7 cm³/mol. The van der Waals surface area contributed by atoms with Gasteiger partial charge in [-0.3, -0.25) is 0 Å². The van der Waals surface area contributed by atoms with Gasteiger partial charge in [-0.15, -0.1) is 0 Å². The summed E-state index contributed by atoms with van der Waals surface area (Å²) in [7, 11) is -3.01. The molecule has 0 aromatic heterocycles. The van der Waals surface area contributed by atoms with Crippen molar-refractivity contribution < 1.29 is 8.42 Å². The molecule has 4 heteroatoms. The third-order valence-corrected chi connectivity index (χ3v) is 3.82. The van der Waals surface area contributed by atoms with Crippen molar-refractivity contribution in [1.82, 2.24) is 0 Å². The van der Waals surface area contributed by atoms with Crippen LogP contribution in [0.4, 0.5) is 0 Å². The van der Waals surface area contributed by atoms with Gasteiger partial charge >= 0.3 is 0 Å². The number of hydrogen-bond donors (Lipinski definition) is 1. The van der Waals surface area contributed by atoms with Crippen LogP contribution >= 0.6 is 0 Å². The molecule has 0 aliphatic heterocycles. The second-order valence-corrected chi connectivity index (χ2v) is 6.83. The largest absolute Gasteiger partial charge is 0.326 e. The van der Waals surface area contributed by atoms with Gasteiger partial charge in [0.2, 0.25) is 0 Å². The van der Waals surface area contributed by atoms with Gasteiger partial charge in [-0.2, -0.15) is 0 Å². The molecule has 12 heavy (non-hydrogen) atoms. The minimum Gasteiger partial charge on any atom is -0.326 e. The van der Waals surface area contributed by atoms with Crippen LogP contribution in [-0.2, 0) is 9.84 Å². The van der Waals surface area contributed by atoms with Crippen LogP contribution in [0.2, 0.25) is 0 Å². The molecule has 0 rings (SSSR count). The van der Waals surface area contributed by atoms with Crippen LogP contribution in [-0.4, -0.2) is 26.0 Å². The van der Waals surface area contributed by atoms with Crippen LogP contribution in [0.1, 0.15) is 27.7 Å². The Morgan fingerprint density at radius 2 is 1.58 bits per heavy atom. The number of nitrogens with two attached hydrogens (primary N) is 1. The van der Waals surface area contributed by atoms with Gasteiger partial charge in [0, 0.05) is 12.3 Å². The molecule has 0 heterocycles. The maximum atomic E-state index is 11.1. The molecular weight excluding hydrogens is 174 g/mol. The quantitative estimate of drug-likeness (QED) is 0.705. The molecule has 0 aliphatic carbocycles. The van der Waals surface area contributed by atoms with E-state index < -0.39 is 15.1 Å². The van der Waals surface area contributed by atoms with Crippen molar-refractivity contribution in [3.8, 4) is 0 Å². The zero-order valence-corrected chi connectivity index (χ0v) is 9.27. The van der Waals surface area contributed by atoms with Gasteiger partial charge in [0.15, 0.2) is 9.84 Å². The van der Waals surface area contributed by atoms with E-state index >= 15 is 0 Å². The minimum absolute atomic E-state index is 0.164. The molecule has 0 saturated heterocycles. The van der Waals surface area contributed by atoms with Crippen LogP contribution in [0.3, 0.4) is 0 Å². The Bertz CT molecular complexity index is 238. The van der Waals surface area contributed by atoms with E-state index in [1.165, 1.54) is 6.26 Å². The highest BCUT2D eigenvalue weighted by Crippen LogP contribution is 2.22. The Labute approximate surface area is 75.3 Å². The molecular formula is C8H19NO2S. The van der Waals surface area contributed by atoms with Crippen molar-refractivity contribution in [2.45, 2.75) is 39.0 Å². The Morgan fingerprint density at radius 1 is 1.25 bits per heavy atom. The maximum absolute atomic E-state index is 11.1. The molecule has 0 radical (unpaired) electrons. The molecule has 0 saturated carbocycles. The van der Waals surface area contributed by atoms with Crippen molar-refractivity contribution in [3.05, 3.63) is 0 Å². The van der Waals surface area contributed by atoms with E-state index in [-0.39, 0.29) is 11.5 Å². The van der Waals surface area contributed by atoms with Crippen LogP contribution in [0.25, 0.3) is 0 Å². The summed E-state index contributed by atoms with van der Waals surface area (Å²) in [6.07, 6.45) is 1.23. The summed E-state index contributed by atoms with van der Waals surface area (Å²) in [5, 5.41) is -0.475. The fourth-order valence-corrected chi connectivity index (χ4v) is 1.91. The molecule has 0 fully saturated rings. The molecule has 3 nitrogen and oxygen atoms in total. The second-order valence-electron chi connectivity index (χ2n) is 4.43. The highest BCUT2D eigenvalue weighted by atomic mass is 32.2. The van der Waals surface area contributed by atoms with Gasteiger partial charge in [0.25, 0.3) is 0 Å². The Morgan fingerprint density at radius 3 is 1.67 bits per heavy atom. The van der Waals surface area contributed by atoms with Gasteiger partial charge in [0.05, 0.1) is 5.25 Å². The van der Waals surface area contributed by atoms with Gasteiger partial charge in [-0.25, -0.2) is 8.42 Å². The SMILES string of the molecule is CC(C(N)C(C)(C)C)S(C)(=O)=O. The van der Waals surface area contributed by atoms with Crippen molar-refractivity contribution in [2.75, 3.05) is 6.26 Å². The van der Waals surface area contributed by atoms with Crippen LogP contribution in [0.5, 0.6) is 0 Å². The summed E-state index contributed by atoms with van der Waals surface area (Å²) >= 11 is 0. The van der Waals surface area contributed by atoms with Gasteiger partial charge in [-0.05, 0) is 12.3 Å². The third kappa shape index (κ3) is 3.11. The van der Waals surface area contributed by atoms with Crippen molar-refractivity contribution in [2.24, 2.45) is 11.1 Å². The Kier molecular flexibility index (Phi) is 3.32. The van der Waals surface area contributed by atoms with Gasteiger partial charge in [0.1, 0.15) is 0 Å². The van der Waals surface area contributed by atoms with Crippen molar-refractivity contribution >= 4 is 9.84 Å². The van der Waals surface area contributed by atoms with Crippen molar-refractivity contribution in [3.63, 3.8) is 0 Å². The highest BCUT2D eigenvalue weighted by Gasteiger charge is 2.31. The van der Waals surface area contributed by atoms with Crippen molar-refractivity contribution in [1.29, 1.82) is 0 Å². The average molecular weight is 193 g/mol. The van der Waals surface area contributed by atoms with Crippen LogP contribution in [0, 0.1) is 5.41 Å². The molecule has 0 bridgehead atoms. The lowest BCUT2D eigenvalue weighted by Gasteiger charge is -2.30. The fourth-order valence-electron chi connectivity index (χ4n) is 0.970.